The molecule has 0 radical (unpaired) electrons. The van der Waals surface area contributed by atoms with Crippen molar-refractivity contribution in [3.63, 3.8) is 0 Å². The van der Waals surface area contributed by atoms with Crippen molar-refractivity contribution in [2.45, 2.75) is 13.8 Å². The number of hydrogen-bond donors (Lipinski definition) is 0. The van der Waals surface area contributed by atoms with Crippen molar-refractivity contribution in [2.75, 3.05) is 0 Å². The van der Waals surface area contributed by atoms with Crippen LogP contribution in [0.4, 0.5) is 0 Å². The van der Waals surface area contributed by atoms with E-state index in [1.807, 2.05) is 56.3 Å². The van der Waals surface area contributed by atoms with E-state index in [4.69, 9.17) is 8.83 Å². The van der Waals surface area contributed by atoms with E-state index >= 15 is 0 Å². The van der Waals surface area contributed by atoms with Gasteiger partial charge in [0.25, 0.3) is 0 Å². The van der Waals surface area contributed by atoms with Gasteiger partial charge in [0.15, 0.2) is 0 Å². The van der Waals surface area contributed by atoms with Gasteiger partial charge in [0.1, 0.15) is 0 Å². The van der Waals surface area contributed by atoms with E-state index in [2.05, 4.69) is 38.6 Å². The summed E-state index contributed by atoms with van der Waals surface area (Å²) in [5.74, 6) is 1.69. The lowest BCUT2D eigenvalue weighted by atomic mass is 10.0. The van der Waals surface area contributed by atoms with Crippen LogP contribution in [0.15, 0.2) is 69.5 Å². The Balaban J connectivity index is 1.41. The van der Waals surface area contributed by atoms with Gasteiger partial charge in [-0.3, -0.25) is 0 Å². The summed E-state index contributed by atoms with van der Waals surface area (Å²) in [6.45, 7) is 4.05. The van der Waals surface area contributed by atoms with E-state index in [0.29, 0.717) is 23.6 Å². The van der Waals surface area contributed by atoms with Gasteiger partial charge in [-0.15, -0.1) is 20.4 Å². The zero-order valence-electron chi connectivity index (χ0n) is 16.5. The van der Waals surface area contributed by atoms with Crippen molar-refractivity contribution in [3.8, 4) is 22.9 Å². The molecule has 0 spiro atoms. The largest absolute Gasteiger partial charge is 0.417 e. The van der Waals surface area contributed by atoms with Gasteiger partial charge in [-0.2, -0.15) is 0 Å². The highest BCUT2D eigenvalue weighted by Crippen LogP contribution is 2.28. The Morgan fingerprint density at radius 2 is 1.33 bits per heavy atom. The van der Waals surface area contributed by atoms with Crippen molar-refractivity contribution in [3.05, 3.63) is 83.6 Å². The van der Waals surface area contributed by atoms with Crippen LogP contribution in [0.5, 0.6) is 0 Å². The van der Waals surface area contributed by atoms with E-state index in [-0.39, 0.29) is 0 Å². The van der Waals surface area contributed by atoms with Crippen LogP contribution < -0.4 is 0 Å². The Kier molecular flexibility index (Phi) is 4.44. The minimum atomic E-state index is 0.365. The highest BCUT2D eigenvalue weighted by atomic mass is 16.4. The van der Waals surface area contributed by atoms with E-state index in [1.54, 1.807) is 12.2 Å². The topological polar surface area (TPSA) is 77.8 Å². The lowest BCUT2D eigenvalue weighted by molar-refractivity contribution is 0.552. The standard InChI is InChI=1S/C24H18N4O2/c1-15-10-11-16(2)20(14-15)24-28-26-22(30-24)13-12-21-25-27-23(29-21)19-9-5-7-17-6-3-4-8-18(17)19/h3-14H,1-2H3/b13-12+. The van der Waals surface area contributed by atoms with Crippen molar-refractivity contribution >= 4 is 22.9 Å². The normalized spacial score (nSPS) is 11.5. The zero-order valence-corrected chi connectivity index (χ0v) is 16.5. The average molecular weight is 394 g/mol. The van der Waals surface area contributed by atoms with Crippen LogP contribution in [0, 0.1) is 13.8 Å². The Hall–Kier alpha value is -4.06. The highest BCUT2D eigenvalue weighted by molar-refractivity contribution is 5.94. The summed E-state index contributed by atoms with van der Waals surface area (Å²) in [6, 6.07) is 20.2. The van der Waals surface area contributed by atoms with E-state index in [0.717, 1.165) is 33.0 Å². The molecular formula is C24H18N4O2. The molecular weight excluding hydrogens is 376 g/mol. The second-order valence-corrected chi connectivity index (χ2v) is 7.07. The smallest absolute Gasteiger partial charge is 0.248 e. The Morgan fingerprint density at radius 3 is 2.10 bits per heavy atom. The molecule has 0 amide bonds. The minimum absolute atomic E-state index is 0.365. The van der Waals surface area contributed by atoms with Crippen LogP contribution in [0.2, 0.25) is 0 Å². The number of nitrogens with zero attached hydrogens (tertiary/aromatic N) is 4. The monoisotopic (exact) mass is 394 g/mol. The highest BCUT2D eigenvalue weighted by Gasteiger charge is 2.12. The molecule has 5 rings (SSSR count). The van der Waals surface area contributed by atoms with Crippen LogP contribution in [0.3, 0.4) is 0 Å². The molecule has 0 saturated carbocycles. The lowest BCUT2D eigenvalue weighted by Gasteiger charge is -2.01. The van der Waals surface area contributed by atoms with E-state index < -0.39 is 0 Å². The first-order valence-electron chi connectivity index (χ1n) is 9.58. The number of aryl methyl sites for hydroxylation is 2. The molecule has 0 aliphatic heterocycles. The molecule has 146 valence electrons. The second-order valence-electron chi connectivity index (χ2n) is 7.07. The van der Waals surface area contributed by atoms with Crippen LogP contribution in [-0.2, 0) is 0 Å². The van der Waals surface area contributed by atoms with Gasteiger partial charge in [0.2, 0.25) is 23.6 Å². The maximum atomic E-state index is 5.83. The van der Waals surface area contributed by atoms with Gasteiger partial charge >= 0.3 is 0 Å². The lowest BCUT2D eigenvalue weighted by Crippen LogP contribution is -1.84. The molecule has 0 fully saturated rings. The molecule has 0 saturated heterocycles. The third-order valence-electron chi connectivity index (χ3n) is 4.89. The Labute approximate surface area is 172 Å². The summed E-state index contributed by atoms with van der Waals surface area (Å²) in [4.78, 5) is 0. The molecule has 0 aliphatic rings. The van der Waals surface area contributed by atoms with Gasteiger partial charge in [-0.25, -0.2) is 0 Å². The third kappa shape index (κ3) is 3.39. The first-order chi connectivity index (χ1) is 14.7. The molecule has 0 bridgehead atoms. The summed E-state index contributed by atoms with van der Waals surface area (Å²) >= 11 is 0. The predicted octanol–water partition coefficient (Wildman–Crippen LogP) is 5.73. The molecule has 0 aliphatic carbocycles. The first-order valence-corrected chi connectivity index (χ1v) is 9.58. The number of aromatic nitrogens is 4. The molecule has 0 N–H and O–H groups in total. The van der Waals surface area contributed by atoms with Gasteiger partial charge in [-0.05, 0) is 42.3 Å². The maximum absolute atomic E-state index is 5.83. The predicted molar refractivity (Wildman–Crippen MR) is 115 cm³/mol. The number of hydrogen-bond acceptors (Lipinski definition) is 6. The van der Waals surface area contributed by atoms with Gasteiger partial charge in [-0.1, -0.05) is 54.1 Å². The zero-order chi connectivity index (χ0) is 20.5. The molecule has 30 heavy (non-hydrogen) atoms. The van der Waals surface area contributed by atoms with Crippen LogP contribution >= 0.6 is 0 Å². The van der Waals surface area contributed by atoms with E-state index in [9.17, 15) is 0 Å². The van der Waals surface area contributed by atoms with Gasteiger partial charge < -0.3 is 8.83 Å². The molecule has 6 heteroatoms. The summed E-state index contributed by atoms with van der Waals surface area (Å²) in [5, 5.41) is 18.7. The fraction of sp³-hybridized carbons (Fsp3) is 0.0833. The van der Waals surface area contributed by atoms with Crippen molar-refractivity contribution in [2.24, 2.45) is 0 Å². The molecule has 2 heterocycles. The molecule has 0 unspecified atom stereocenters. The van der Waals surface area contributed by atoms with Crippen molar-refractivity contribution in [1.82, 2.24) is 20.4 Å². The average Bonchev–Trinajstić information content (AvgIpc) is 3.43. The number of fused-ring (bicyclic) bond motifs is 1. The number of rotatable bonds is 4. The Morgan fingerprint density at radius 1 is 0.667 bits per heavy atom. The fourth-order valence-electron chi connectivity index (χ4n) is 3.34. The van der Waals surface area contributed by atoms with Crippen LogP contribution in [-0.4, -0.2) is 20.4 Å². The number of benzene rings is 3. The summed E-state index contributed by atoms with van der Waals surface area (Å²) < 4.78 is 11.6. The fourth-order valence-corrected chi connectivity index (χ4v) is 3.34. The quantitative estimate of drug-likeness (QED) is 0.387. The third-order valence-corrected chi connectivity index (χ3v) is 4.89. The second kappa shape index (κ2) is 7.40. The minimum Gasteiger partial charge on any atom is -0.417 e. The van der Waals surface area contributed by atoms with Crippen molar-refractivity contribution in [1.29, 1.82) is 0 Å². The maximum Gasteiger partial charge on any atom is 0.248 e. The van der Waals surface area contributed by atoms with E-state index in [1.165, 1.54) is 0 Å². The van der Waals surface area contributed by atoms with Crippen LogP contribution in [0.25, 0.3) is 45.8 Å². The summed E-state index contributed by atoms with van der Waals surface area (Å²) in [7, 11) is 0. The molecule has 5 aromatic rings. The van der Waals surface area contributed by atoms with Crippen molar-refractivity contribution < 1.29 is 8.83 Å². The SMILES string of the molecule is Cc1ccc(C)c(-c2nnc(/C=C/c3nnc(-c4cccc5ccccc45)o3)o2)c1. The van der Waals surface area contributed by atoms with Gasteiger partial charge in [0, 0.05) is 23.3 Å². The van der Waals surface area contributed by atoms with Crippen LogP contribution in [0.1, 0.15) is 22.9 Å². The summed E-state index contributed by atoms with van der Waals surface area (Å²) in [5.41, 5.74) is 4.04. The molecule has 0 atom stereocenters. The molecule has 3 aromatic carbocycles. The molecule has 6 nitrogen and oxygen atoms in total. The van der Waals surface area contributed by atoms with Gasteiger partial charge in [0.05, 0.1) is 0 Å². The molecule has 2 aromatic heterocycles. The Bertz CT molecular complexity index is 1380. The first kappa shape index (κ1) is 18.0. The summed E-state index contributed by atoms with van der Waals surface area (Å²) in [6.07, 6.45) is 3.34.